The average Bonchev–Trinajstić information content (AvgIpc) is 2.28. The zero-order valence-corrected chi connectivity index (χ0v) is 8.86. The maximum Gasteiger partial charge on any atom is 0.243 e. The van der Waals surface area contributed by atoms with E-state index in [0.29, 0.717) is 5.88 Å². The highest BCUT2D eigenvalue weighted by Crippen LogP contribution is 2.13. The van der Waals surface area contributed by atoms with Crippen LogP contribution in [0.2, 0.25) is 0 Å². The standard InChI is InChI=1S/C11H14N2O2/c1-4-10(14)12-8(2)9-6-5-7-11(13-9)15-3/h4-8H,1H2,2-3H3,(H,12,14)/t8-/m1/s1. The third-order valence-corrected chi connectivity index (χ3v) is 1.94. The van der Waals surface area contributed by atoms with Crippen molar-refractivity contribution in [1.82, 2.24) is 10.3 Å². The second kappa shape index (κ2) is 5.14. The molecule has 1 atom stereocenters. The molecule has 1 N–H and O–H groups in total. The molecular weight excluding hydrogens is 192 g/mol. The first-order valence-electron chi connectivity index (χ1n) is 4.61. The topological polar surface area (TPSA) is 51.2 Å². The summed E-state index contributed by atoms with van der Waals surface area (Å²) in [5, 5.41) is 2.72. The molecular formula is C11H14N2O2. The van der Waals surface area contributed by atoms with Gasteiger partial charge in [-0.3, -0.25) is 4.79 Å². The summed E-state index contributed by atoms with van der Waals surface area (Å²) in [6.07, 6.45) is 1.23. The van der Waals surface area contributed by atoms with Gasteiger partial charge in [0.05, 0.1) is 18.8 Å². The van der Waals surface area contributed by atoms with Crippen LogP contribution < -0.4 is 10.1 Å². The molecule has 4 nitrogen and oxygen atoms in total. The Kier molecular flexibility index (Phi) is 3.85. The zero-order chi connectivity index (χ0) is 11.3. The second-order valence-corrected chi connectivity index (χ2v) is 3.04. The third-order valence-electron chi connectivity index (χ3n) is 1.94. The highest BCUT2D eigenvalue weighted by molar-refractivity contribution is 5.87. The average molecular weight is 206 g/mol. The number of carbonyl (C=O) groups is 1. The molecule has 0 unspecified atom stereocenters. The molecule has 0 bridgehead atoms. The van der Waals surface area contributed by atoms with Gasteiger partial charge in [0.15, 0.2) is 0 Å². The quantitative estimate of drug-likeness (QED) is 0.759. The van der Waals surface area contributed by atoms with Crippen molar-refractivity contribution >= 4 is 5.91 Å². The number of pyridine rings is 1. The van der Waals surface area contributed by atoms with Crippen molar-refractivity contribution in [2.45, 2.75) is 13.0 Å². The van der Waals surface area contributed by atoms with Crippen LogP contribution in [0.3, 0.4) is 0 Å². The van der Waals surface area contributed by atoms with Crippen LogP contribution in [0.5, 0.6) is 5.88 Å². The Hall–Kier alpha value is -1.84. The van der Waals surface area contributed by atoms with Gasteiger partial charge in [-0.25, -0.2) is 4.98 Å². The number of methoxy groups -OCH3 is 1. The van der Waals surface area contributed by atoms with E-state index in [0.717, 1.165) is 5.69 Å². The van der Waals surface area contributed by atoms with Crippen LogP contribution in [-0.2, 0) is 4.79 Å². The molecule has 0 aliphatic carbocycles. The number of hydrogen-bond acceptors (Lipinski definition) is 3. The minimum absolute atomic E-state index is 0.161. The third kappa shape index (κ3) is 3.09. The van der Waals surface area contributed by atoms with Crippen molar-refractivity contribution < 1.29 is 9.53 Å². The van der Waals surface area contributed by atoms with E-state index in [1.54, 1.807) is 13.2 Å². The molecule has 1 aromatic rings. The van der Waals surface area contributed by atoms with Gasteiger partial charge in [0.25, 0.3) is 0 Å². The lowest BCUT2D eigenvalue weighted by atomic mass is 10.2. The number of carbonyl (C=O) groups excluding carboxylic acids is 1. The molecule has 0 saturated heterocycles. The van der Waals surface area contributed by atoms with Crippen molar-refractivity contribution in [2.24, 2.45) is 0 Å². The number of nitrogens with zero attached hydrogens (tertiary/aromatic N) is 1. The largest absolute Gasteiger partial charge is 0.481 e. The fourth-order valence-corrected chi connectivity index (χ4v) is 1.13. The summed E-state index contributed by atoms with van der Waals surface area (Å²) >= 11 is 0. The molecule has 0 radical (unpaired) electrons. The number of ether oxygens (including phenoxy) is 1. The normalized spacial score (nSPS) is 11.6. The molecule has 0 saturated carbocycles. The number of rotatable bonds is 4. The van der Waals surface area contributed by atoms with Gasteiger partial charge in [-0.2, -0.15) is 0 Å². The smallest absolute Gasteiger partial charge is 0.243 e. The van der Waals surface area contributed by atoms with Gasteiger partial charge >= 0.3 is 0 Å². The summed E-state index contributed by atoms with van der Waals surface area (Å²) in [5.41, 5.74) is 0.754. The maximum absolute atomic E-state index is 11.1. The molecule has 1 heterocycles. The highest BCUT2D eigenvalue weighted by atomic mass is 16.5. The first-order chi connectivity index (χ1) is 7.17. The monoisotopic (exact) mass is 206 g/mol. The van der Waals surface area contributed by atoms with Gasteiger partial charge in [-0.05, 0) is 19.1 Å². The minimum Gasteiger partial charge on any atom is -0.481 e. The Labute approximate surface area is 89.0 Å². The maximum atomic E-state index is 11.1. The summed E-state index contributed by atoms with van der Waals surface area (Å²) in [7, 11) is 1.55. The van der Waals surface area contributed by atoms with Gasteiger partial charge < -0.3 is 10.1 Å². The van der Waals surface area contributed by atoms with Gasteiger partial charge in [-0.15, -0.1) is 0 Å². The van der Waals surface area contributed by atoms with Crippen molar-refractivity contribution in [3.05, 3.63) is 36.5 Å². The van der Waals surface area contributed by atoms with Gasteiger partial charge in [0.1, 0.15) is 0 Å². The number of nitrogens with one attached hydrogen (secondary N) is 1. The van der Waals surface area contributed by atoms with E-state index in [4.69, 9.17) is 4.74 Å². The zero-order valence-electron chi connectivity index (χ0n) is 8.86. The van der Waals surface area contributed by atoms with E-state index in [-0.39, 0.29) is 11.9 Å². The van der Waals surface area contributed by atoms with E-state index in [1.165, 1.54) is 6.08 Å². The Balaban J connectivity index is 2.76. The fraction of sp³-hybridized carbons (Fsp3) is 0.273. The van der Waals surface area contributed by atoms with Crippen LogP contribution in [0.15, 0.2) is 30.9 Å². The van der Waals surface area contributed by atoms with E-state index in [1.807, 2.05) is 19.1 Å². The molecule has 0 aliphatic rings. The van der Waals surface area contributed by atoms with Crippen molar-refractivity contribution in [3.63, 3.8) is 0 Å². The van der Waals surface area contributed by atoms with Gasteiger partial charge in [-0.1, -0.05) is 12.6 Å². The van der Waals surface area contributed by atoms with E-state index >= 15 is 0 Å². The molecule has 0 aliphatic heterocycles. The predicted octanol–water partition coefficient (Wildman–Crippen LogP) is 1.45. The SMILES string of the molecule is C=CC(=O)N[C@H](C)c1cccc(OC)n1. The lowest BCUT2D eigenvalue weighted by Crippen LogP contribution is -2.25. The van der Waals surface area contributed by atoms with E-state index < -0.39 is 0 Å². The van der Waals surface area contributed by atoms with Crippen LogP contribution in [0.25, 0.3) is 0 Å². The lowest BCUT2D eigenvalue weighted by molar-refractivity contribution is -0.117. The van der Waals surface area contributed by atoms with Crippen LogP contribution in [0.4, 0.5) is 0 Å². The molecule has 1 aromatic heterocycles. The van der Waals surface area contributed by atoms with Crippen LogP contribution >= 0.6 is 0 Å². The van der Waals surface area contributed by atoms with Crippen LogP contribution in [-0.4, -0.2) is 18.0 Å². The summed E-state index contributed by atoms with van der Waals surface area (Å²) in [6.45, 7) is 5.23. The number of amides is 1. The van der Waals surface area contributed by atoms with Gasteiger partial charge in [0.2, 0.25) is 11.8 Å². The molecule has 80 valence electrons. The Morgan fingerprint density at radius 3 is 3.00 bits per heavy atom. The Morgan fingerprint density at radius 1 is 1.67 bits per heavy atom. The van der Waals surface area contributed by atoms with E-state index in [2.05, 4.69) is 16.9 Å². The molecule has 0 fully saturated rings. The predicted molar refractivity (Wildman–Crippen MR) is 57.5 cm³/mol. The molecule has 15 heavy (non-hydrogen) atoms. The number of aromatic nitrogens is 1. The first-order valence-corrected chi connectivity index (χ1v) is 4.61. The van der Waals surface area contributed by atoms with Crippen LogP contribution in [0, 0.1) is 0 Å². The van der Waals surface area contributed by atoms with E-state index in [9.17, 15) is 4.79 Å². The first kappa shape index (κ1) is 11.2. The molecule has 4 heteroatoms. The summed E-state index contributed by atoms with van der Waals surface area (Å²) < 4.78 is 4.99. The molecule has 1 rings (SSSR count). The highest BCUT2D eigenvalue weighted by Gasteiger charge is 2.08. The summed E-state index contributed by atoms with van der Waals surface area (Å²) in [4.78, 5) is 15.3. The molecule has 0 spiro atoms. The molecule has 1 amide bonds. The van der Waals surface area contributed by atoms with Crippen molar-refractivity contribution in [1.29, 1.82) is 0 Å². The second-order valence-electron chi connectivity index (χ2n) is 3.04. The van der Waals surface area contributed by atoms with Crippen LogP contribution in [0.1, 0.15) is 18.7 Å². The Bertz CT molecular complexity index is 363. The summed E-state index contributed by atoms with van der Waals surface area (Å²) in [5.74, 6) is 0.319. The van der Waals surface area contributed by atoms with Crippen molar-refractivity contribution in [3.8, 4) is 5.88 Å². The van der Waals surface area contributed by atoms with Crippen molar-refractivity contribution in [2.75, 3.05) is 7.11 Å². The van der Waals surface area contributed by atoms with Gasteiger partial charge in [0, 0.05) is 6.07 Å². The summed E-state index contributed by atoms with van der Waals surface area (Å²) in [6, 6.07) is 5.26. The number of hydrogen-bond donors (Lipinski definition) is 1. The lowest BCUT2D eigenvalue weighted by Gasteiger charge is -2.12. The fourth-order valence-electron chi connectivity index (χ4n) is 1.13. The molecule has 0 aromatic carbocycles. The Morgan fingerprint density at radius 2 is 2.40 bits per heavy atom. The minimum atomic E-state index is -0.216.